The van der Waals surface area contributed by atoms with Crippen LogP contribution in [0.15, 0.2) is 18.2 Å². The van der Waals surface area contributed by atoms with Crippen molar-refractivity contribution in [3.63, 3.8) is 0 Å². The zero-order chi connectivity index (χ0) is 14.6. The highest BCUT2D eigenvalue weighted by atomic mass is 35.5. The average molecular weight is 308 g/mol. The highest BCUT2D eigenvalue weighted by Crippen LogP contribution is 2.29. The number of nitro benzene ring substituents is 1. The molecular formula is C11H14ClNO5S. The molecule has 0 heterocycles. The van der Waals surface area contributed by atoms with Crippen molar-refractivity contribution in [2.45, 2.75) is 19.1 Å². The van der Waals surface area contributed by atoms with Crippen molar-refractivity contribution in [3.05, 3.63) is 33.3 Å². The number of halogens is 1. The van der Waals surface area contributed by atoms with Gasteiger partial charge in [-0.15, -0.1) is 0 Å². The lowest BCUT2D eigenvalue weighted by Gasteiger charge is -2.09. The second-order valence-corrected chi connectivity index (χ2v) is 7.25. The third kappa shape index (κ3) is 4.36. The Labute approximate surface area is 116 Å². The van der Waals surface area contributed by atoms with Crippen LogP contribution in [0.2, 0.25) is 5.02 Å². The van der Waals surface area contributed by atoms with Crippen LogP contribution in [0.5, 0.6) is 5.75 Å². The Morgan fingerprint density at radius 1 is 1.42 bits per heavy atom. The minimum absolute atomic E-state index is 0.0311. The summed E-state index contributed by atoms with van der Waals surface area (Å²) in [5, 5.41) is 10.5. The van der Waals surface area contributed by atoms with Gasteiger partial charge in [-0.1, -0.05) is 11.6 Å². The van der Waals surface area contributed by atoms with Gasteiger partial charge in [-0.05, 0) is 19.9 Å². The minimum atomic E-state index is -3.24. The van der Waals surface area contributed by atoms with Gasteiger partial charge < -0.3 is 4.74 Å². The first-order valence-corrected chi connectivity index (χ1v) is 7.61. The predicted octanol–water partition coefficient (Wildman–Crippen LogP) is 2.45. The summed E-state index contributed by atoms with van der Waals surface area (Å²) in [4.78, 5) is 10.2. The van der Waals surface area contributed by atoms with E-state index in [1.165, 1.54) is 18.2 Å². The Kier molecular flexibility index (Phi) is 5.13. The predicted molar refractivity (Wildman–Crippen MR) is 72.5 cm³/mol. The van der Waals surface area contributed by atoms with Crippen molar-refractivity contribution in [1.29, 1.82) is 0 Å². The molecule has 0 bridgehead atoms. The number of nitrogens with zero attached hydrogens (tertiary/aromatic N) is 1. The van der Waals surface area contributed by atoms with E-state index < -0.39 is 20.0 Å². The lowest BCUT2D eigenvalue weighted by atomic mass is 10.3. The molecule has 0 radical (unpaired) electrons. The highest BCUT2D eigenvalue weighted by Gasteiger charge is 2.19. The first-order chi connectivity index (χ1) is 8.74. The maximum absolute atomic E-state index is 11.6. The SMILES string of the molecule is CC(C)S(=O)(=O)CCOc1cc(Cl)ccc1[N+](=O)[O-]. The Balaban J connectivity index is 2.78. The Hall–Kier alpha value is -1.34. The minimum Gasteiger partial charge on any atom is -0.486 e. The molecule has 0 aliphatic heterocycles. The molecule has 19 heavy (non-hydrogen) atoms. The second kappa shape index (κ2) is 6.21. The van der Waals surface area contributed by atoms with Crippen molar-refractivity contribution in [1.82, 2.24) is 0 Å². The summed E-state index contributed by atoms with van der Waals surface area (Å²) in [5.41, 5.74) is -0.244. The van der Waals surface area contributed by atoms with Crippen LogP contribution in [0, 0.1) is 10.1 Å². The van der Waals surface area contributed by atoms with Crippen LogP contribution < -0.4 is 4.74 Å². The van der Waals surface area contributed by atoms with Gasteiger partial charge >= 0.3 is 5.69 Å². The summed E-state index contributed by atoms with van der Waals surface area (Å²) in [5.74, 6) is -0.231. The number of nitro groups is 1. The van der Waals surface area contributed by atoms with Crippen LogP contribution in [0.3, 0.4) is 0 Å². The first-order valence-electron chi connectivity index (χ1n) is 5.52. The smallest absolute Gasteiger partial charge is 0.311 e. The van der Waals surface area contributed by atoms with E-state index >= 15 is 0 Å². The summed E-state index contributed by atoms with van der Waals surface area (Å²) in [6.45, 7) is 2.98. The summed E-state index contributed by atoms with van der Waals surface area (Å²) in [6, 6.07) is 3.88. The van der Waals surface area contributed by atoms with Crippen molar-refractivity contribution >= 4 is 27.1 Å². The summed E-state index contributed by atoms with van der Waals surface area (Å²) in [7, 11) is -3.24. The average Bonchev–Trinajstić information content (AvgIpc) is 2.28. The summed E-state index contributed by atoms with van der Waals surface area (Å²) in [6.07, 6.45) is 0. The monoisotopic (exact) mass is 307 g/mol. The van der Waals surface area contributed by atoms with E-state index in [0.717, 1.165) is 0 Å². The molecule has 0 aromatic heterocycles. The number of sulfone groups is 1. The Bertz CT molecular complexity index is 570. The maximum atomic E-state index is 11.6. The number of hydrogen-bond donors (Lipinski definition) is 0. The van der Waals surface area contributed by atoms with Gasteiger partial charge in [0.05, 0.1) is 15.9 Å². The van der Waals surface area contributed by atoms with Gasteiger partial charge in [-0.25, -0.2) is 8.42 Å². The molecule has 0 unspecified atom stereocenters. The molecule has 0 saturated carbocycles. The fraction of sp³-hybridized carbons (Fsp3) is 0.455. The zero-order valence-corrected chi connectivity index (χ0v) is 12.1. The van der Waals surface area contributed by atoms with E-state index in [2.05, 4.69) is 0 Å². The fourth-order valence-corrected chi connectivity index (χ4v) is 2.21. The van der Waals surface area contributed by atoms with Crippen LogP contribution in [-0.4, -0.2) is 31.0 Å². The van der Waals surface area contributed by atoms with Crippen molar-refractivity contribution in [2.24, 2.45) is 0 Å². The van der Waals surface area contributed by atoms with Crippen molar-refractivity contribution < 1.29 is 18.1 Å². The molecule has 0 fully saturated rings. The van der Waals surface area contributed by atoms with Gasteiger partial charge in [-0.3, -0.25) is 10.1 Å². The van der Waals surface area contributed by atoms with E-state index in [0.29, 0.717) is 0 Å². The largest absolute Gasteiger partial charge is 0.486 e. The maximum Gasteiger partial charge on any atom is 0.311 e. The zero-order valence-electron chi connectivity index (χ0n) is 10.5. The fourth-order valence-electron chi connectivity index (χ4n) is 1.26. The molecular weight excluding hydrogens is 294 g/mol. The van der Waals surface area contributed by atoms with Crippen LogP contribution in [0.25, 0.3) is 0 Å². The number of ether oxygens (including phenoxy) is 1. The molecule has 8 heteroatoms. The van der Waals surface area contributed by atoms with Crippen LogP contribution in [0.1, 0.15) is 13.8 Å². The molecule has 0 spiro atoms. The Morgan fingerprint density at radius 2 is 2.05 bits per heavy atom. The van der Waals surface area contributed by atoms with Gasteiger partial charge in [0, 0.05) is 17.2 Å². The third-order valence-corrected chi connectivity index (χ3v) is 4.87. The van der Waals surface area contributed by atoms with Crippen LogP contribution in [-0.2, 0) is 9.84 Å². The van der Waals surface area contributed by atoms with E-state index in [4.69, 9.17) is 16.3 Å². The van der Waals surface area contributed by atoms with Gasteiger partial charge in [-0.2, -0.15) is 0 Å². The Morgan fingerprint density at radius 3 is 2.58 bits per heavy atom. The van der Waals surface area contributed by atoms with Gasteiger partial charge in [0.2, 0.25) is 0 Å². The number of hydrogen-bond acceptors (Lipinski definition) is 5. The topological polar surface area (TPSA) is 86.5 Å². The lowest BCUT2D eigenvalue weighted by Crippen LogP contribution is -2.22. The second-order valence-electron chi connectivity index (χ2n) is 4.13. The van der Waals surface area contributed by atoms with Crippen LogP contribution in [0.4, 0.5) is 5.69 Å². The van der Waals surface area contributed by atoms with E-state index in [9.17, 15) is 18.5 Å². The van der Waals surface area contributed by atoms with Crippen molar-refractivity contribution in [2.75, 3.05) is 12.4 Å². The van der Waals surface area contributed by atoms with E-state index in [1.807, 2.05) is 0 Å². The molecule has 0 aliphatic rings. The molecule has 0 amide bonds. The molecule has 0 saturated heterocycles. The molecule has 0 aliphatic carbocycles. The van der Waals surface area contributed by atoms with Crippen LogP contribution >= 0.6 is 11.6 Å². The van der Waals surface area contributed by atoms with Gasteiger partial charge in [0.1, 0.15) is 6.61 Å². The normalized spacial score (nSPS) is 11.6. The third-order valence-electron chi connectivity index (χ3n) is 2.46. The standard InChI is InChI=1S/C11H14ClNO5S/c1-8(2)19(16,17)6-5-18-11-7-9(12)3-4-10(11)13(14)15/h3-4,7-8H,5-6H2,1-2H3. The van der Waals surface area contributed by atoms with Gasteiger partial charge in [0.15, 0.2) is 15.6 Å². The van der Waals surface area contributed by atoms with E-state index in [1.54, 1.807) is 13.8 Å². The van der Waals surface area contributed by atoms with E-state index in [-0.39, 0.29) is 28.8 Å². The lowest BCUT2D eigenvalue weighted by molar-refractivity contribution is -0.385. The number of benzene rings is 1. The van der Waals surface area contributed by atoms with Crippen molar-refractivity contribution in [3.8, 4) is 5.75 Å². The molecule has 1 rings (SSSR count). The molecule has 1 aromatic rings. The highest BCUT2D eigenvalue weighted by molar-refractivity contribution is 7.91. The summed E-state index contributed by atoms with van der Waals surface area (Å²) < 4.78 is 28.3. The molecule has 1 aromatic carbocycles. The molecule has 0 atom stereocenters. The first kappa shape index (κ1) is 15.7. The summed E-state index contributed by atoms with van der Waals surface area (Å²) >= 11 is 5.72. The number of rotatable bonds is 6. The molecule has 6 nitrogen and oxygen atoms in total. The van der Waals surface area contributed by atoms with Gasteiger partial charge in [0.25, 0.3) is 0 Å². The molecule has 106 valence electrons. The molecule has 0 N–H and O–H groups in total. The quantitative estimate of drug-likeness (QED) is 0.595.